The summed E-state index contributed by atoms with van der Waals surface area (Å²) >= 11 is 0. The van der Waals surface area contributed by atoms with Gasteiger partial charge >= 0.3 is 0 Å². The molecule has 2 aliphatic rings. The Balaban J connectivity index is 1.42. The molecule has 2 heterocycles. The zero-order valence-corrected chi connectivity index (χ0v) is 13.8. The van der Waals surface area contributed by atoms with E-state index in [0.717, 1.165) is 18.8 Å². The molecule has 0 radical (unpaired) electrons. The Hall–Kier alpha value is -2.76. The molecule has 0 aromatic heterocycles. The quantitative estimate of drug-likeness (QED) is 0.841. The lowest BCUT2D eigenvalue weighted by atomic mass is 10.1. The molecular formula is C19H19FN2O3. The summed E-state index contributed by atoms with van der Waals surface area (Å²) in [7, 11) is 0. The van der Waals surface area contributed by atoms with E-state index in [1.165, 1.54) is 12.1 Å². The second-order valence-electron chi connectivity index (χ2n) is 6.11. The molecule has 1 fully saturated rings. The van der Waals surface area contributed by atoms with E-state index in [2.05, 4.69) is 4.90 Å². The molecule has 2 aromatic rings. The first-order chi connectivity index (χ1) is 12.2. The third kappa shape index (κ3) is 3.24. The monoisotopic (exact) mass is 342 g/mol. The first kappa shape index (κ1) is 15.7. The van der Waals surface area contributed by atoms with Crippen LogP contribution in [0, 0.1) is 5.82 Å². The maximum Gasteiger partial charge on any atom is 0.254 e. The van der Waals surface area contributed by atoms with Gasteiger partial charge in [0.05, 0.1) is 0 Å². The standard InChI is InChI=1S/C19H19FN2O3/c20-15-2-4-16(5-3-15)21-7-9-22(10-8-21)19(23)14-1-6-17-18(13-14)25-12-11-24-17/h1-6,13H,7-12H2. The maximum atomic E-state index is 13.0. The van der Waals surface area contributed by atoms with Gasteiger partial charge in [0.1, 0.15) is 19.0 Å². The van der Waals surface area contributed by atoms with E-state index in [4.69, 9.17) is 9.47 Å². The summed E-state index contributed by atoms with van der Waals surface area (Å²) in [6.45, 7) is 3.74. The van der Waals surface area contributed by atoms with Crippen molar-refractivity contribution in [3.8, 4) is 11.5 Å². The number of hydrogen-bond acceptors (Lipinski definition) is 4. The number of fused-ring (bicyclic) bond motifs is 1. The molecule has 2 aliphatic heterocycles. The highest BCUT2D eigenvalue weighted by Crippen LogP contribution is 2.31. The van der Waals surface area contributed by atoms with Crippen LogP contribution in [0.4, 0.5) is 10.1 Å². The first-order valence-corrected chi connectivity index (χ1v) is 8.40. The Morgan fingerprint density at radius 3 is 2.28 bits per heavy atom. The number of piperazine rings is 1. The van der Waals surface area contributed by atoms with E-state index in [1.54, 1.807) is 30.3 Å². The average molecular weight is 342 g/mol. The molecule has 0 unspecified atom stereocenters. The molecule has 0 N–H and O–H groups in total. The lowest BCUT2D eigenvalue weighted by Crippen LogP contribution is -2.48. The SMILES string of the molecule is O=C(c1ccc2c(c1)OCCO2)N1CCN(c2ccc(F)cc2)CC1. The molecule has 5 nitrogen and oxygen atoms in total. The first-order valence-electron chi connectivity index (χ1n) is 8.40. The van der Waals surface area contributed by atoms with Crippen molar-refractivity contribution in [1.82, 2.24) is 4.90 Å². The highest BCUT2D eigenvalue weighted by Gasteiger charge is 2.24. The van der Waals surface area contributed by atoms with E-state index in [9.17, 15) is 9.18 Å². The van der Waals surface area contributed by atoms with Crippen LogP contribution < -0.4 is 14.4 Å². The van der Waals surface area contributed by atoms with Crippen LogP contribution in [0.5, 0.6) is 11.5 Å². The van der Waals surface area contributed by atoms with Gasteiger partial charge in [-0.2, -0.15) is 0 Å². The smallest absolute Gasteiger partial charge is 0.254 e. The fourth-order valence-electron chi connectivity index (χ4n) is 3.18. The van der Waals surface area contributed by atoms with Crippen LogP contribution >= 0.6 is 0 Å². The molecule has 6 heteroatoms. The van der Waals surface area contributed by atoms with Crippen LogP contribution in [0.25, 0.3) is 0 Å². The molecule has 4 rings (SSSR count). The van der Waals surface area contributed by atoms with Gasteiger partial charge in [0.25, 0.3) is 5.91 Å². The Labute approximate surface area is 145 Å². The predicted octanol–water partition coefficient (Wildman–Crippen LogP) is 2.56. The number of halogens is 1. The third-order valence-electron chi connectivity index (χ3n) is 4.55. The summed E-state index contributed by atoms with van der Waals surface area (Å²) in [5.74, 6) is 1.07. The summed E-state index contributed by atoms with van der Waals surface area (Å²) in [4.78, 5) is 16.7. The van der Waals surface area contributed by atoms with E-state index in [-0.39, 0.29) is 11.7 Å². The summed E-state index contributed by atoms with van der Waals surface area (Å²) in [6, 6.07) is 11.8. The minimum Gasteiger partial charge on any atom is -0.486 e. The normalized spacial score (nSPS) is 16.7. The number of hydrogen-bond donors (Lipinski definition) is 0. The molecule has 0 atom stereocenters. The zero-order chi connectivity index (χ0) is 17.2. The minimum atomic E-state index is -0.240. The van der Waals surface area contributed by atoms with Gasteiger partial charge in [0.2, 0.25) is 0 Å². The summed E-state index contributed by atoms with van der Waals surface area (Å²) < 4.78 is 24.1. The van der Waals surface area contributed by atoms with Gasteiger partial charge in [-0.15, -0.1) is 0 Å². The van der Waals surface area contributed by atoms with Crippen LogP contribution in [0.15, 0.2) is 42.5 Å². The Morgan fingerprint density at radius 2 is 1.56 bits per heavy atom. The lowest BCUT2D eigenvalue weighted by molar-refractivity contribution is 0.0745. The van der Waals surface area contributed by atoms with Crippen molar-refractivity contribution >= 4 is 11.6 Å². The van der Waals surface area contributed by atoms with Crippen LogP contribution in [0.2, 0.25) is 0 Å². The second kappa shape index (κ2) is 6.63. The molecule has 25 heavy (non-hydrogen) atoms. The van der Waals surface area contributed by atoms with Gasteiger partial charge < -0.3 is 19.3 Å². The number of rotatable bonds is 2. The second-order valence-corrected chi connectivity index (χ2v) is 6.11. The molecule has 0 bridgehead atoms. The number of benzene rings is 2. The van der Waals surface area contributed by atoms with Crippen LogP contribution in [0.1, 0.15) is 10.4 Å². The maximum absolute atomic E-state index is 13.0. The van der Waals surface area contributed by atoms with E-state index in [0.29, 0.717) is 43.4 Å². The topological polar surface area (TPSA) is 42.0 Å². The molecular weight excluding hydrogens is 323 g/mol. The summed E-state index contributed by atoms with van der Waals surface area (Å²) in [5.41, 5.74) is 1.59. The predicted molar refractivity (Wildman–Crippen MR) is 91.9 cm³/mol. The van der Waals surface area contributed by atoms with E-state index >= 15 is 0 Å². The van der Waals surface area contributed by atoms with Crippen molar-refractivity contribution in [2.24, 2.45) is 0 Å². The Morgan fingerprint density at radius 1 is 0.880 bits per heavy atom. The number of carbonyl (C=O) groups excluding carboxylic acids is 1. The average Bonchev–Trinajstić information content (AvgIpc) is 2.68. The largest absolute Gasteiger partial charge is 0.486 e. The highest BCUT2D eigenvalue weighted by molar-refractivity contribution is 5.95. The molecule has 1 saturated heterocycles. The Kier molecular flexibility index (Phi) is 4.17. The van der Waals surface area contributed by atoms with Crippen molar-refractivity contribution in [2.75, 3.05) is 44.3 Å². The van der Waals surface area contributed by atoms with E-state index < -0.39 is 0 Å². The number of nitrogens with zero attached hydrogens (tertiary/aromatic N) is 2. The van der Waals surface area contributed by atoms with Gasteiger partial charge in [0, 0.05) is 37.4 Å². The Bertz CT molecular complexity index is 771. The van der Waals surface area contributed by atoms with Crippen molar-refractivity contribution in [2.45, 2.75) is 0 Å². The third-order valence-corrected chi connectivity index (χ3v) is 4.55. The molecule has 0 saturated carbocycles. The highest BCUT2D eigenvalue weighted by atomic mass is 19.1. The summed E-state index contributed by atoms with van der Waals surface area (Å²) in [6.07, 6.45) is 0. The lowest BCUT2D eigenvalue weighted by Gasteiger charge is -2.36. The molecule has 130 valence electrons. The molecule has 2 aromatic carbocycles. The van der Waals surface area contributed by atoms with Crippen molar-refractivity contribution in [1.29, 1.82) is 0 Å². The fraction of sp³-hybridized carbons (Fsp3) is 0.316. The van der Waals surface area contributed by atoms with Gasteiger partial charge in [-0.25, -0.2) is 4.39 Å². The van der Waals surface area contributed by atoms with Crippen molar-refractivity contribution in [3.63, 3.8) is 0 Å². The van der Waals surface area contributed by atoms with Crippen molar-refractivity contribution < 1.29 is 18.7 Å². The number of amides is 1. The molecule has 0 spiro atoms. The van der Waals surface area contributed by atoms with Gasteiger partial charge in [-0.1, -0.05) is 0 Å². The molecule has 1 amide bonds. The van der Waals surface area contributed by atoms with Gasteiger partial charge in [-0.3, -0.25) is 4.79 Å². The van der Waals surface area contributed by atoms with Crippen molar-refractivity contribution in [3.05, 3.63) is 53.8 Å². The van der Waals surface area contributed by atoms with Gasteiger partial charge in [-0.05, 0) is 42.5 Å². The minimum absolute atomic E-state index is 0.00395. The molecule has 0 aliphatic carbocycles. The fourth-order valence-corrected chi connectivity index (χ4v) is 3.18. The number of ether oxygens (including phenoxy) is 2. The van der Waals surface area contributed by atoms with Crippen LogP contribution in [0.3, 0.4) is 0 Å². The zero-order valence-electron chi connectivity index (χ0n) is 13.8. The number of carbonyl (C=O) groups is 1. The van der Waals surface area contributed by atoms with Crippen LogP contribution in [-0.2, 0) is 0 Å². The van der Waals surface area contributed by atoms with Gasteiger partial charge in [0.15, 0.2) is 11.5 Å². The number of anilines is 1. The van der Waals surface area contributed by atoms with E-state index in [1.807, 2.05) is 4.90 Å². The summed E-state index contributed by atoms with van der Waals surface area (Å²) in [5, 5.41) is 0. The van der Waals surface area contributed by atoms with Crippen LogP contribution in [-0.4, -0.2) is 50.2 Å².